The molecule has 1 aromatic carbocycles. The number of hydrogen-bond donors (Lipinski definition) is 1. The molecule has 0 aliphatic rings. The molecule has 0 aromatic heterocycles. The minimum atomic E-state index is -0.962. The summed E-state index contributed by atoms with van der Waals surface area (Å²) in [5.41, 5.74) is 0.220. The first-order valence-electron chi connectivity index (χ1n) is 5.17. The summed E-state index contributed by atoms with van der Waals surface area (Å²) in [7, 11) is 0. The van der Waals surface area contributed by atoms with Crippen molar-refractivity contribution < 1.29 is 14.6 Å². The topological polar surface area (TPSA) is 70.3 Å². The van der Waals surface area contributed by atoms with Crippen LogP contribution in [0.5, 0.6) is 5.75 Å². The maximum atomic E-state index is 10.8. The molecule has 0 bridgehead atoms. The summed E-state index contributed by atoms with van der Waals surface area (Å²) in [4.78, 5) is 10.8. The van der Waals surface area contributed by atoms with Crippen molar-refractivity contribution >= 4 is 28.6 Å². The third-order valence-electron chi connectivity index (χ3n) is 2.12. The molecule has 0 heterocycles. The molecular weight excluding hydrogens is 333 g/mol. The number of rotatable bonds is 6. The van der Waals surface area contributed by atoms with E-state index >= 15 is 0 Å². The molecule has 0 aliphatic heterocycles. The lowest BCUT2D eigenvalue weighted by Gasteiger charge is -2.08. The van der Waals surface area contributed by atoms with Gasteiger partial charge in [0.2, 0.25) is 0 Å². The van der Waals surface area contributed by atoms with Crippen LogP contribution in [0.25, 0.3) is 0 Å². The van der Waals surface area contributed by atoms with Crippen LogP contribution in [-0.4, -0.2) is 17.7 Å². The fraction of sp³-hybridized carbons (Fsp3) is 0.333. The highest BCUT2D eigenvalue weighted by Crippen LogP contribution is 2.22. The van der Waals surface area contributed by atoms with Gasteiger partial charge in [0.1, 0.15) is 5.75 Å². The minimum Gasteiger partial charge on any atom is -0.492 e. The quantitative estimate of drug-likeness (QED) is 0.635. The van der Waals surface area contributed by atoms with E-state index in [1.54, 1.807) is 12.1 Å². The maximum Gasteiger partial charge on any atom is 0.335 e. The van der Waals surface area contributed by atoms with Crippen molar-refractivity contribution in [3.8, 4) is 11.8 Å². The van der Waals surface area contributed by atoms with Crippen molar-refractivity contribution in [2.24, 2.45) is 0 Å². The van der Waals surface area contributed by atoms with Crippen LogP contribution >= 0.6 is 22.6 Å². The van der Waals surface area contributed by atoms with Gasteiger partial charge in [-0.1, -0.05) is 0 Å². The van der Waals surface area contributed by atoms with Crippen molar-refractivity contribution in [1.82, 2.24) is 0 Å². The average molecular weight is 345 g/mol. The van der Waals surface area contributed by atoms with Crippen LogP contribution in [0, 0.1) is 14.9 Å². The smallest absolute Gasteiger partial charge is 0.335 e. The second-order valence-corrected chi connectivity index (χ2v) is 4.58. The molecule has 0 saturated heterocycles. The van der Waals surface area contributed by atoms with E-state index in [4.69, 9.17) is 15.1 Å². The molecule has 0 unspecified atom stereocenters. The monoisotopic (exact) mass is 345 g/mol. The number of halogens is 1. The fourth-order valence-corrected chi connectivity index (χ4v) is 1.73. The van der Waals surface area contributed by atoms with Gasteiger partial charge in [-0.3, -0.25) is 0 Å². The largest absolute Gasteiger partial charge is 0.492 e. The number of unbranched alkanes of at least 4 members (excludes halogenated alkanes) is 2. The second kappa shape index (κ2) is 7.12. The molecule has 0 saturated carbocycles. The van der Waals surface area contributed by atoms with Gasteiger partial charge in [0, 0.05) is 6.42 Å². The van der Waals surface area contributed by atoms with Crippen LogP contribution in [0.4, 0.5) is 0 Å². The number of ether oxygens (including phenoxy) is 1. The van der Waals surface area contributed by atoms with Crippen LogP contribution in [-0.2, 0) is 0 Å². The molecule has 0 radical (unpaired) electrons. The zero-order valence-corrected chi connectivity index (χ0v) is 11.3. The maximum absolute atomic E-state index is 10.8. The van der Waals surface area contributed by atoms with Crippen LogP contribution in [0.2, 0.25) is 0 Å². The Kier molecular flexibility index (Phi) is 5.77. The highest BCUT2D eigenvalue weighted by atomic mass is 127. The highest BCUT2D eigenvalue weighted by molar-refractivity contribution is 14.1. The molecule has 1 rings (SSSR count). The molecule has 1 aromatic rings. The Bertz CT molecular complexity index is 440. The normalized spacial score (nSPS) is 9.65. The Labute approximate surface area is 113 Å². The molecular formula is C12H12INO3. The highest BCUT2D eigenvalue weighted by Gasteiger charge is 2.07. The predicted molar refractivity (Wildman–Crippen MR) is 71.1 cm³/mol. The van der Waals surface area contributed by atoms with Crippen molar-refractivity contribution in [3.05, 3.63) is 27.3 Å². The lowest BCUT2D eigenvalue weighted by atomic mass is 10.2. The predicted octanol–water partition coefficient (Wildman–Crippen LogP) is 3.06. The molecule has 0 spiro atoms. The number of nitrogens with zero attached hydrogens (tertiary/aromatic N) is 1. The van der Waals surface area contributed by atoms with E-state index < -0.39 is 5.97 Å². The summed E-state index contributed by atoms with van der Waals surface area (Å²) >= 11 is 2.10. The van der Waals surface area contributed by atoms with Crippen LogP contribution in [0.3, 0.4) is 0 Å². The van der Waals surface area contributed by atoms with E-state index in [-0.39, 0.29) is 5.56 Å². The summed E-state index contributed by atoms with van der Waals surface area (Å²) in [6.07, 6.45) is 2.11. The Morgan fingerprint density at radius 3 is 2.88 bits per heavy atom. The van der Waals surface area contributed by atoms with Crippen LogP contribution < -0.4 is 4.74 Å². The first kappa shape index (κ1) is 13.8. The van der Waals surface area contributed by atoms with Crippen LogP contribution in [0.15, 0.2) is 18.2 Å². The van der Waals surface area contributed by atoms with Gasteiger partial charge < -0.3 is 9.84 Å². The lowest BCUT2D eigenvalue weighted by molar-refractivity contribution is 0.0696. The van der Waals surface area contributed by atoms with Crippen molar-refractivity contribution in [2.75, 3.05) is 6.61 Å². The summed E-state index contributed by atoms with van der Waals surface area (Å²) in [5, 5.41) is 17.2. The summed E-state index contributed by atoms with van der Waals surface area (Å²) < 4.78 is 6.38. The van der Waals surface area contributed by atoms with Gasteiger partial charge in [-0.2, -0.15) is 5.26 Å². The number of carboxylic acid groups (broad SMARTS) is 1. The van der Waals surface area contributed by atoms with E-state index in [2.05, 4.69) is 28.7 Å². The number of hydrogen-bond acceptors (Lipinski definition) is 3. The molecule has 0 atom stereocenters. The Morgan fingerprint density at radius 1 is 1.47 bits per heavy atom. The Hall–Kier alpha value is -1.29. The third kappa shape index (κ3) is 4.61. The van der Waals surface area contributed by atoms with E-state index in [9.17, 15) is 4.79 Å². The SMILES string of the molecule is N#CCCCCOc1cc(C(=O)O)ccc1I. The molecule has 0 aliphatic carbocycles. The van der Waals surface area contributed by atoms with Gasteiger partial charge in [0.15, 0.2) is 0 Å². The van der Waals surface area contributed by atoms with Gasteiger partial charge in [-0.15, -0.1) is 0 Å². The second-order valence-electron chi connectivity index (χ2n) is 3.41. The number of aromatic carboxylic acids is 1. The lowest BCUT2D eigenvalue weighted by Crippen LogP contribution is -2.02. The van der Waals surface area contributed by atoms with E-state index in [0.717, 1.165) is 16.4 Å². The van der Waals surface area contributed by atoms with E-state index in [0.29, 0.717) is 18.8 Å². The Balaban J connectivity index is 2.55. The number of carboxylic acids is 1. The average Bonchev–Trinajstić information content (AvgIpc) is 2.30. The van der Waals surface area contributed by atoms with E-state index in [1.807, 2.05) is 0 Å². The molecule has 90 valence electrons. The van der Waals surface area contributed by atoms with Gasteiger partial charge in [-0.25, -0.2) is 4.79 Å². The van der Waals surface area contributed by atoms with Gasteiger partial charge in [-0.05, 0) is 53.6 Å². The third-order valence-corrected chi connectivity index (χ3v) is 3.01. The molecule has 5 heteroatoms. The summed E-state index contributed by atoms with van der Waals surface area (Å²) in [6, 6.07) is 6.85. The van der Waals surface area contributed by atoms with Crippen molar-refractivity contribution in [3.63, 3.8) is 0 Å². The van der Waals surface area contributed by atoms with Crippen molar-refractivity contribution in [1.29, 1.82) is 5.26 Å². The summed E-state index contributed by atoms with van der Waals surface area (Å²) in [5.74, 6) is -0.377. The molecule has 4 nitrogen and oxygen atoms in total. The number of nitriles is 1. The minimum absolute atomic E-state index is 0.220. The zero-order chi connectivity index (χ0) is 12.7. The fourth-order valence-electron chi connectivity index (χ4n) is 1.24. The summed E-state index contributed by atoms with van der Waals surface area (Å²) in [6.45, 7) is 0.501. The zero-order valence-electron chi connectivity index (χ0n) is 9.15. The standard InChI is InChI=1S/C12H12INO3/c13-10-5-4-9(12(15)16)8-11(10)17-7-3-1-2-6-14/h4-5,8H,1-3,7H2,(H,15,16). The van der Waals surface area contributed by atoms with Crippen molar-refractivity contribution in [2.45, 2.75) is 19.3 Å². The molecule has 1 N–H and O–H groups in total. The molecule has 17 heavy (non-hydrogen) atoms. The van der Waals surface area contributed by atoms with Gasteiger partial charge >= 0.3 is 5.97 Å². The molecule has 0 amide bonds. The number of benzene rings is 1. The first-order chi connectivity index (χ1) is 8.15. The van der Waals surface area contributed by atoms with E-state index in [1.165, 1.54) is 6.07 Å². The number of carbonyl (C=O) groups is 1. The Morgan fingerprint density at radius 2 is 2.24 bits per heavy atom. The van der Waals surface area contributed by atoms with Gasteiger partial charge in [0.05, 0.1) is 21.8 Å². The van der Waals surface area contributed by atoms with Gasteiger partial charge in [0.25, 0.3) is 0 Å². The van der Waals surface area contributed by atoms with Crippen LogP contribution in [0.1, 0.15) is 29.6 Å². The molecule has 0 fully saturated rings. The first-order valence-corrected chi connectivity index (χ1v) is 6.25.